The van der Waals surface area contributed by atoms with Gasteiger partial charge in [-0.2, -0.15) is 0 Å². The van der Waals surface area contributed by atoms with Gasteiger partial charge in [0, 0.05) is 19.1 Å². The highest BCUT2D eigenvalue weighted by Crippen LogP contribution is 2.20. The summed E-state index contributed by atoms with van der Waals surface area (Å²) >= 11 is 0. The van der Waals surface area contributed by atoms with Crippen LogP contribution < -0.4 is 16.0 Å². The van der Waals surface area contributed by atoms with Crippen LogP contribution in [-0.2, 0) is 9.47 Å². The second kappa shape index (κ2) is 6.06. The van der Waals surface area contributed by atoms with Crippen molar-refractivity contribution in [1.82, 2.24) is 16.0 Å². The summed E-state index contributed by atoms with van der Waals surface area (Å²) in [5.74, 6) is 0. The second-order valence-electron chi connectivity index (χ2n) is 6.81. The molecule has 0 aliphatic carbocycles. The lowest BCUT2D eigenvalue weighted by atomic mass is 9.86. The van der Waals surface area contributed by atoms with E-state index in [1.165, 1.54) is 0 Å². The van der Waals surface area contributed by atoms with Gasteiger partial charge in [-0.05, 0) is 19.3 Å². The molecule has 5 heteroatoms. The fraction of sp³-hybridized carbons (Fsp3) is 1.00. The summed E-state index contributed by atoms with van der Waals surface area (Å²) in [6, 6.07) is 0.788. The molecule has 5 unspecified atom stereocenters. The summed E-state index contributed by atoms with van der Waals surface area (Å²) < 4.78 is 11.6. The average Bonchev–Trinajstić information content (AvgIpc) is 2.65. The van der Waals surface area contributed by atoms with Crippen molar-refractivity contribution < 1.29 is 9.47 Å². The minimum Gasteiger partial charge on any atom is -0.360 e. The van der Waals surface area contributed by atoms with E-state index >= 15 is 0 Å². The summed E-state index contributed by atoms with van der Waals surface area (Å²) in [4.78, 5) is 0. The van der Waals surface area contributed by atoms with E-state index in [1.807, 2.05) is 6.92 Å². The number of piperazine rings is 1. The summed E-state index contributed by atoms with van der Waals surface area (Å²) in [5, 5.41) is 10.4. The Morgan fingerprint density at radius 3 is 2.37 bits per heavy atom. The summed E-state index contributed by atoms with van der Waals surface area (Å²) in [6.07, 6.45) is 0.448. The summed E-state index contributed by atoms with van der Waals surface area (Å²) in [5.41, 5.74) is 0.281. The van der Waals surface area contributed by atoms with Crippen LogP contribution in [0, 0.1) is 5.41 Å². The molecule has 0 spiro atoms. The van der Waals surface area contributed by atoms with Crippen LogP contribution in [0.25, 0.3) is 0 Å². The quantitative estimate of drug-likeness (QED) is 0.704. The largest absolute Gasteiger partial charge is 0.360 e. The molecule has 0 aromatic heterocycles. The molecule has 2 heterocycles. The van der Waals surface area contributed by atoms with Gasteiger partial charge in [-0.25, -0.2) is 0 Å². The molecule has 5 atom stereocenters. The van der Waals surface area contributed by atoms with Gasteiger partial charge >= 0.3 is 0 Å². The van der Waals surface area contributed by atoms with Crippen LogP contribution in [0.5, 0.6) is 0 Å². The molecule has 112 valence electrons. The number of nitrogens with one attached hydrogen (secondary N) is 3. The Morgan fingerprint density at radius 2 is 1.89 bits per heavy atom. The van der Waals surface area contributed by atoms with Crippen molar-refractivity contribution in [3.63, 3.8) is 0 Å². The minimum atomic E-state index is 0.100. The topological polar surface area (TPSA) is 54.5 Å². The number of ether oxygens (including phenoxy) is 2. The zero-order chi connectivity index (χ0) is 14.0. The van der Waals surface area contributed by atoms with Crippen molar-refractivity contribution in [2.24, 2.45) is 5.41 Å². The number of hydrogen-bond donors (Lipinski definition) is 3. The second-order valence-corrected chi connectivity index (χ2v) is 6.81. The third-order valence-electron chi connectivity index (χ3n) is 4.06. The molecule has 0 radical (unpaired) electrons. The molecule has 0 aromatic carbocycles. The highest BCUT2D eigenvalue weighted by Gasteiger charge is 2.32. The fourth-order valence-corrected chi connectivity index (χ4v) is 2.67. The first-order valence-corrected chi connectivity index (χ1v) is 7.36. The predicted molar refractivity (Wildman–Crippen MR) is 75.9 cm³/mol. The van der Waals surface area contributed by atoms with Crippen molar-refractivity contribution in [2.45, 2.75) is 65.3 Å². The zero-order valence-corrected chi connectivity index (χ0v) is 12.8. The molecular weight excluding hydrogens is 242 g/mol. The van der Waals surface area contributed by atoms with Gasteiger partial charge in [-0.15, -0.1) is 0 Å². The predicted octanol–water partition coefficient (Wildman–Crippen LogP) is 0.660. The number of hydrogen-bond acceptors (Lipinski definition) is 5. The SMILES string of the molecule is CC1NC(COC2CNC(C(C)(C)C)CN2)C(C)O1. The Morgan fingerprint density at radius 1 is 1.16 bits per heavy atom. The van der Waals surface area contributed by atoms with Crippen LogP contribution in [0.3, 0.4) is 0 Å². The van der Waals surface area contributed by atoms with Gasteiger partial charge in [0.1, 0.15) is 12.5 Å². The van der Waals surface area contributed by atoms with E-state index in [0.29, 0.717) is 12.6 Å². The van der Waals surface area contributed by atoms with E-state index in [9.17, 15) is 0 Å². The molecule has 2 fully saturated rings. The van der Waals surface area contributed by atoms with Crippen LogP contribution in [0.4, 0.5) is 0 Å². The van der Waals surface area contributed by atoms with Crippen molar-refractivity contribution in [2.75, 3.05) is 19.7 Å². The van der Waals surface area contributed by atoms with E-state index in [2.05, 4.69) is 43.6 Å². The van der Waals surface area contributed by atoms with Crippen molar-refractivity contribution in [3.8, 4) is 0 Å². The van der Waals surface area contributed by atoms with E-state index < -0.39 is 0 Å². The molecule has 2 saturated heterocycles. The molecule has 2 aliphatic rings. The molecular formula is C14H29N3O2. The van der Waals surface area contributed by atoms with E-state index in [4.69, 9.17) is 9.47 Å². The van der Waals surface area contributed by atoms with Gasteiger partial charge in [0.15, 0.2) is 0 Å². The standard InChI is InChI=1S/C14H29N3O2/c1-9-11(17-10(2)19-9)8-18-13-7-15-12(6-16-13)14(3,4)5/h9-13,15-17H,6-8H2,1-5H3. The maximum absolute atomic E-state index is 5.93. The summed E-state index contributed by atoms with van der Waals surface area (Å²) in [7, 11) is 0. The lowest BCUT2D eigenvalue weighted by molar-refractivity contribution is -0.0127. The first kappa shape index (κ1) is 15.2. The molecule has 0 bridgehead atoms. The first-order valence-electron chi connectivity index (χ1n) is 7.36. The Balaban J connectivity index is 1.69. The highest BCUT2D eigenvalue weighted by molar-refractivity contribution is 4.88. The average molecular weight is 271 g/mol. The van der Waals surface area contributed by atoms with E-state index in [-0.39, 0.29) is 30.0 Å². The smallest absolute Gasteiger partial charge is 0.120 e. The van der Waals surface area contributed by atoms with Crippen molar-refractivity contribution >= 4 is 0 Å². The van der Waals surface area contributed by atoms with Crippen LogP contribution in [0.1, 0.15) is 34.6 Å². The molecule has 0 aromatic rings. The van der Waals surface area contributed by atoms with Crippen LogP contribution in [0.15, 0.2) is 0 Å². The molecule has 5 nitrogen and oxygen atoms in total. The fourth-order valence-electron chi connectivity index (χ4n) is 2.67. The van der Waals surface area contributed by atoms with Gasteiger partial charge in [0.05, 0.1) is 18.8 Å². The molecule has 19 heavy (non-hydrogen) atoms. The van der Waals surface area contributed by atoms with Crippen LogP contribution >= 0.6 is 0 Å². The van der Waals surface area contributed by atoms with Gasteiger partial charge in [-0.3, -0.25) is 10.6 Å². The molecule has 0 amide bonds. The Labute approximate surface area is 116 Å². The lowest BCUT2D eigenvalue weighted by Gasteiger charge is -2.38. The Bertz CT molecular complexity index is 285. The Kier molecular flexibility index (Phi) is 4.84. The van der Waals surface area contributed by atoms with Crippen molar-refractivity contribution in [1.29, 1.82) is 0 Å². The first-order chi connectivity index (χ1) is 8.86. The van der Waals surface area contributed by atoms with Crippen LogP contribution in [-0.4, -0.2) is 50.3 Å². The third-order valence-corrected chi connectivity index (χ3v) is 4.06. The van der Waals surface area contributed by atoms with Gasteiger partial charge in [-0.1, -0.05) is 20.8 Å². The van der Waals surface area contributed by atoms with Gasteiger partial charge in [0.2, 0.25) is 0 Å². The van der Waals surface area contributed by atoms with Gasteiger partial charge in [0.25, 0.3) is 0 Å². The number of rotatable bonds is 3. The lowest BCUT2D eigenvalue weighted by Crippen LogP contribution is -2.59. The van der Waals surface area contributed by atoms with Crippen molar-refractivity contribution in [3.05, 3.63) is 0 Å². The van der Waals surface area contributed by atoms with E-state index in [0.717, 1.165) is 13.1 Å². The monoisotopic (exact) mass is 271 g/mol. The summed E-state index contributed by atoms with van der Waals surface area (Å²) in [6.45, 7) is 13.4. The zero-order valence-electron chi connectivity index (χ0n) is 12.8. The Hall–Kier alpha value is -0.200. The third kappa shape index (κ3) is 4.13. The minimum absolute atomic E-state index is 0.100. The maximum Gasteiger partial charge on any atom is 0.120 e. The maximum atomic E-state index is 5.93. The normalized spacial score (nSPS) is 40.6. The molecule has 2 rings (SSSR count). The molecule has 3 N–H and O–H groups in total. The molecule has 2 aliphatic heterocycles. The molecule has 0 saturated carbocycles. The highest BCUT2D eigenvalue weighted by atomic mass is 16.5. The van der Waals surface area contributed by atoms with Crippen LogP contribution in [0.2, 0.25) is 0 Å². The van der Waals surface area contributed by atoms with Gasteiger partial charge < -0.3 is 14.8 Å². The van der Waals surface area contributed by atoms with E-state index in [1.54, 1.807) is 0 Å².